The zero-order chi connectivity index (χ0) is 15.6. The van der Waals surface area contributed by atoms with Crippen molar-refractivity contribution in [3.05, 3.63) is 23.2 Å². The first-order chi connectivity index (χ1) is 9.79. The number of nitrogens with zero attached hydrogens (tertiary/aromatic N) is 1. The fourth-order valence-electron chi connectivity index (χ4n) is 2.42. The number of morpholine rings is 1. The van der Waals surface area contributed by atoms with Crippen molar-refractivity contribution in [1.82, 2.24) is 4.90 Å². The van der Waals surface area contributed by atoms with Gasteiger partial charge in [0.25, 0.3) is 0 Å². The number of benzene rings is 1. The van der Waals surface area contributed by atoms with E-state index in [1.165, 1.54) is 12.1 Å². The van der Waals surface area contributed by atoms with Crippen molar-refractivity contribution >= 4 is 27.1 Å². The van der Waals surface area contributed by atoms with Gasteiger partial charge in [-0.3, -0.25) is 4.90 Å². The van der Waals surface area contributed by atoms with Crippen LogP contribution in [0.2, 0.25) is 5.02 Å². The fraction of sp³-hybridized carbons (Fsp3) is 0.571. The van der Waals surface area contributed by atoms with E-state index >= 15 is 0 Å². The van der Waals surface area contributed by atoms with Gasteiger partial charge in [0, 0.05) is 24.2 Å². The van der Waals surface area contributed by atoms with Crippen LogP contribution in [0.25, 0.3) is 0 Å². The Balaban J connectivity index is 2.15. The zero-order valence-electron chi connectivity index (χ0n) is 12.3. The summed E-state index contributed by atoms with van der Waals surface area (Å²) in [5.41, 5.74) is 5.99. The highest BCUT2D eigenvalue weighted by molar-refractivity contribution is 7.91. The molecule has 1 unspecified atom stereocenters. The largest absolute Gasteiger partial charge is 0.398 e. The van der Waals surface area contributed by atoms with Crippen molar-refractivity contribution in [1.29, 1.82) is 0 Å². The lowest BCUT2D eigenvalue weighted by molar-refractivity contribution is -0.0272. The van der Waals surface area contributed by atoms with E-state index in [1.807, 2.05) is 0 Å². The van der Waals surface area contributed by atoms with Crippen molar-refractivity contribution in [2.45, 2.75) is 30.9 Å². The number of hydrogen-bond acceptors (Lipinski definition) is 5. The standard InChI is InChI=1S/C14H21ClN2O3S/c1-10(2)17-5-6-20-12(8-17)9-21(18,19)14-7-11(15)3-4-13(14)16/h3-4,7,10,12H,5-6,8-9,16H2,1-2H3. The molecule has 0 amide bonds. The van der Waals surface area contributed by atoms with Crippen LogP contribution in [0.1, 0.15) is 13.8 Å². The smallest absolute Gasteiger partial charge is 0.183 e. The molecule has 7 heteroatoms. The number of sulfone groups is 1. The predicted octanol–water partition coefficient (Wildman–Crippen LogP) is 1.81. The lowest BCUT2D eigenvalue weighted by Gasteiger charge is -2.35. The summed E-state index contributed by atoms with van der Waals surface area (Å²) in [6.45, 7) is 6.16. The Hall–Kier alpha value is -0.820. The molecule has 2 N–H and O–H groups in total. The SMILES string of the molecule is CC(C)N1CCOC(CS(=O)(=O)c2cc(Cl)ccc2N)C1. The normalized spacial score (nSPS) is 20.9. The lowest BCUT2D eigenvalue weighted by atomic mass is 10.2. The summed E-state index contributed by atoms with van der Waals surface area (Å²) in [6.07, 6.45) is -0.343. The van der Waals surface area contributed by atoms with Crippen molar-refractivity contribution in [2.75, 3.05) is 31.2 Å². The van der Waals surface area contributed by atoms with Crippen LogP contribution in [0.15, 0.2) is 23.1 Å². The summed E-state index contributed by atoms with van der Waals surface area (Å²) >= 11 is 5.87. The Kier molecular flexibility index (Phi) is 5.14. The van der Waals surface area contributed by atoms with Gasteiger partial charge in [-0.05, 0) is 32.0 Å². The molecule has 0 spiro atoms. The maximum Gasteiger partial charge on any atom is 0.183 e. The Morgan fingerprint density at radius 1 is 1.48 bits per heavy atom. The first-order valence-corrected chi connectivity index (χ1v) is 8.96. The molecule has 0 bridgehead atoms. The van der Waals surface area contributed by atoms with Crippen molar-refractivity contribution in [3.8, 4) is 0 Å². The topological polar surface area (TPSA) is 72.6 Å². The van der Waals surface area contributed by atoms with Gasteiger partial charge in [-0.1, -0.05) is 11.6 Å². The second-order valence-electron chi connectivity index (χ2n) is 5.55. The van der Waals surface area contributed by atoms with Gasteiger partial charge in [-0.25, -0.2) is 8.42 Å². The van der Waals surface area contributed by atoms with Gasteiger partial charge < -0.3 is 10.5 Å². The molecular weight excluding hydrogens is 312 g/mol. The van der Waals surface area contributed by atoms with E-state index < -0.39 is 9.84 Å². The number of nitrogen functional groups attached to an aromatic ring is 1. The molecule has 0 aromatic heterocycles. The number of halogens is 1. The first-order valence-electron chi connectivity index (χ1n) is 6.93. The van der Waals surface area contributed by atoms with Crippen LogP contribution < -0.4 is 5.73 Å². The van der Waals surface area contributed by atoms with Gasteiger partial charge in [0.2, 0.25) is 0 Å². The van der Waals surface area contributed by atoms with Crippen LogP contribution in [0, 0.1) is 0 Å². The van der Waals surface area contributed by atoms with Crippen LogP contribution in [-0.2, 0) is 14.6 Å². The summed E-state index contributed by atoms with van der Waals surface area (Å²) in [5, 5.41) is 0.358. The molecule has 1 aliphatic rings. The highest BCUT2D eigenvalue weighted by Crippen LogP contribution is 2.25. The molecule has 1 heterocycles. The summed E-state index contributed by atoms with van der Waals surface area (Å²) in [5.74, 6) is -0.0826. The van der Waals surface area contributed by atoms with E-state index in [0.717, 1.165) is 6.54 Å². The van der Waals surface area contributed by atoms with Gasteiger partial charge in [-0.15, -0.1) is 0 Å². The average Bonchev–Trinajstić information content (AvgIpc) is 2.41. The van der Waals surface area contributed by atoms with Gasteiger partial charge >= 0.3 is 0 Å². The zero-order valence-corrected chi connectivity index (χ0v) is 13.8. The molecule has 0 saturated carbocycles. The number of nitrogens with two attached hydrogens (primary N) is 1. The van der Waals surface area contributed by atoms with Crippen molar-refractivity contribution < 1.29 is 13.2 Å². The summed E-state index contributed by atoms with van der Waals surface area (Å²) in [7, 11) is -3.52. The summed E-state index contributed by atoms with van der Waals surface area (Å²) in [6, 6.07) is 4.86. The molecule has 5 nitrogen and oxygen atoms in total. The molecule has 1 atom stereocenters. The Bertz CT molecular complexity index is 604. The number of anilines is 1. The van der Waals surface area contributed by atoms with E-state index in [-0.39, 0.29) is 22.4 Å². The number of rotatable bonds is 4. The Labute approximate surface area is 130 Å². The first kappa shape index (κ1) is 16.5. The molecule has 1 aliphatic heterocycles. The highest BCUT2D eigenvalue weighted by atomic mass is 35.5. The van der Waals surface area contributed by atoms with Crippen LogP contribution >= 0.6 is 11.6 Å². The second kappa shape index (κ2) is 6.52. The average molecular weight is 333 g/mol. The van der Waals surface area contributed by atoms with Gasteiger partial charge in [-0.2, -0.15) is 0 Å². The maximum atomic E-state index is 12.5. The van der Waals surface area contributed by atoms with Crippen LogP contribution in [0.5, 0.6) is 0 Å². The molecule has 2 rings (SSSR count). The van der Waals surface area contributed by atoms with E-state index in [9.17, 15) is 8.42 Å². The van der Waals surface area contributed by atoms with Gasteiger partial charge in [0.15, 0.2) is 9.84 Å². The number of ether oxygens (including phenoxy) is 1. The van der Waals surface area contributed by atoms with E-state index in [2.05, 4.69) is 18.7 Å². The Morgan fingerprint density at radius 2 is 2.19 bits per heavy atom. The van der Waals surface area contributed by atoms with Crippen LogP contribution in [-0.4, -0.2) is 50.9 Å². The molecule has 1 aromatic rings. The molecule has 0 radical (unpaired) electrons. The lowest BCUT2D eigenvalue weighted by Crippen LogP contribution is -2.48. The maximum absolute atomic E-state index is 12.5. The van der Waals surface area contributed by atoms with Gasteiger partial charge in [0.1, 0.15) is 0 Å². The van der Waals surface area contributed by atoms with E-state index in [0.29, 0.717) is 24.2 Å². The third-order valence-electron chi connectivity index (χ3n) is 3.62. The van der Waals surface area contributed by atoms with Crippen molar-refractivity contribution in [2.24, 2.45) is 0 Å². The van der Waals surface area contributed by atoms with E-state index in [4.69, 9.17) is 22.1 Å². The van der Waals surface area contributed by atoms with Gasteiger partial charge in [0.05, 0.1) is 29.0 Å². The summed E-state index contributed by atoms with van der Waals surface area (Å²) < 4.78 is 30.6. The summed E-state index contributed by atoms with van der Waals surface area (Å²) in [4.78, 5) is 2.30. The minimum absolute atomic E-state index is 0.0826. The second-order valence-corrected chi connectivity index (χ2v) is 7.98. The molecule has 1 saturated heterocycles. The predicted molar refractivity (Wildman–Crippen MR) is 84.4 cm³/mol. The minimum Gasteiger partial charge on any atom is -0.398 e. The van der Waals surface area contributed by atoms with E-state index in [1.54, 1.807) is 6.07 Å². The molecule has 0 aliphatic carbocycles. The molecule has 118 valence electrons. The van der Waals surface area contributed by atoms with Crippen molar-refractivity contribution in [3.63, 3.8) is 0 Å². The molecular formula is C14H21ClN2O3S. The third-order valence-corrected chi connectivity index (χ3v) is 5.69. The third kappa shape index (κ3) is 4.10. The monoisotopic (exact) mass is 332 g/mol. The fourth-order valence-corrected chi connectivity index (χ4v) is 4.27. The van der Waals surface area contributed by atoms with Crippen LogP contribution in [0.3, 0.4) is 0 Å². The molecule has 1 aromatic carbocycles. The minimum atomic E-state index is -3.52. The molecule has 21 heavy (non-hydrogen) atoms. The Morgan fingerprint density at radius 3 is 2.86 bits per heavy atom. The quantitative estimate of drug-likeness (QED) is 0.851. The highest BCUT2D eigenvalue weighted by Gasteiger charge is 2.29. The van der Waals surface area contributed by atoms with Crippen LogP contribution in [0.4, 0.5) is 5.69 Å². The molecule has 1 fully saturated rings. The number of hydrogen-bond donors (Lipinski definition) is 1.